The Morgan fingerprint density at radius 3 is 2.79 bits per heavy atom. The molecular weight excluding hydrogens is 334 g/mol. The van der Waals surface area contributed by atoms with E-state index in [1.165, 1.54) is 23.5 Å². The summed E-state index contributed by atoms with van der Waals surface area (Å²) in [6.45, 7) is 2.64. The summed E-state index contributed by atoms with van der Waals surface area (Å²) in [6.07, 6.45) is 5.27. The number of ether oxygens (including phenoxy) is 1. The molecular formula is C14H17N5O4S. The number of nitrogens with zero attached hydrogens (tertiary/aromatic N) is 4. The minimum atomic E-state index is -3.47. The highest BCUT2D eigenvalue weighted by Crippen LogP contribution is 2.28. The number of rotatable bonds is 3. The van der Waals surface area contributed by atoms with Crippen molar-refractivity contribution >= 4 is 15.7 Å². The number of hydrogen-bond acceptors (Lipinski definition) is 7. The number of aryl methyl sites for hydroxylation is 1. The van der Waals surface area contributed by atoms with Gasteiger partial charge in [0.1, 0.15) is 10.6 Å². The van der Waals surface area contributed by atoms with E-state index in [2.05, 4.69) is 20.2 Å². The number of sulfone groups is 1. The molecule has 1 aliphatic rings. The molecule has 0 spiro atoms. The molecule has 0 saturated carbocycles. The summed E-state index contributed by atoms with van der Waals surface area (Å²) in [7, 11) is -3.47. The van der Waals surface area contributed by atoms with Crippen molar-refractivity contribution in [2.75, 3.05) is 26.0 Å². The number of amides is 1. The van der Waals surface area contributed by atoms with E-state index in [1.54, 1.807) is 6.92 Å². The molecule has 0 unspecified atom stereocenters. The number of H-pyrrole nitrogens is 1. The molecule has 2 aromatic rings. The number of carbonyl (C=O) groups is 1. The molecule has 1 saturated heterocycles. The maximum absolute atomic E-state index is 12.8. The number of nitrogens with one attached hydrogen (secondary N) is 1. The van der Waals surface area contributed by atoms with Gasteiger partial charge in [-0.05, 0) is 6.92 Å². The molecule has 128 valence electrons. The van der Waals surface area contributed by atoms with E-state index in [1.807, 2.05) is 0 Å². The molecule has 1 fully saturated rings. The largest absolute Gasteiger partial charge is 0.377 e. The van der Waals surface area contributed by atoms with Gasteiger partial charge in [-0.1, -0.05) is 0 Å². The third-order valence-electron chi connectivity index (χ3n) is 3.75. The molecule has 0 bridgehead atoms. The van der Waals surface area contributed by atoms with Crippen LogP contribution in [0.3, 0.4) is 0 Å². The molecule has 0 aliphatic carbocycles. The lowest BCUT2D eigenvalue weighted by Crippen LogP contribution is -2.44. The minimum Gasteiger partial charge on any atom is -0.377 e. The van der Waals surface area contributed by atoms with Gasteiger partial charge in [0.15, 0.2) is 9.84 Å². The van der Waals surface area contributed by atoms with Gasteiger partial charge in [0.25, 0.3) is 5.91 Å². The van der Waals surface area contributed by atoms with Crippen molar-refractivity contribution in [1.29, 1.82) is 0 Å². The van der Waals surface area contributed by atoms with Crippen LogP contribution >= 0.6 is 0 Å². The first-order chi connectivity index (χ1) is 11.4. The Bertz CT molecular complexity index is 846. The fraction of sp³-hybridized carbons (Fsp3) is 0.429. The van der Waals surface area contributed by atoms with E-state index in [4.69, 9.17) is 4.74 Å². The molecule has 0 radical (unpaired) electrons. The number of aromatic amines is 1. The standard InChI is InChI=1S/C14H17N5O4S/c1-9-5-16-10(6-15-9)14(20)19-3-4-23-8-11(19)13-12(7-17-18-13)24(2,21)22/h5-7,11H,3-4,8H2,1-2H3,(H,17,18)/t11-/m0/s1. The predicted octanol–water partition coefficient (Wildman–Crippen LogP) is 0.125. The van der Waals surface area contributed by atoms with Crippen LogP contribution in [0.2, 0.25) is 0 Å². The Morgan fingerprint density at radius 2 is 2.12 bits per heavy atom. The van der Waals surface area contributed by atoms with E-state index in [-0.39, 0.29) is 23.1 Å². The minimum absolute atomic E-state index is 0.0609. The first kappa shape index (κ1) is 16.5. The second kappa shape index (κ2) is 6.29. The van der Waals surface area contributed by atoms with Gasteiger partial charge in [-0.15, -0.1) is 0 Å². The summed E-state index contributed by atoms with van der Waals surface area (Å²) in [4.78, 5) is 22.5. The normalized spacial score (nSPS) is 18.6. The average Bonchev–Trinajstić information content (AvgIpc) is 3.05. The van der Waals surface area contributed by atoms with E-state index >= 15 is 0 Å². The van der Waals surface area contributed by atoms with Gasteiger partial charge < -0.3 is 9.64 Å². The molecule has 1 amide bonds. The number of carbonyl (C=O) groups excluding carboxylic acids is 1. The second-order valence-electron chi connectivity index (χ2n) is 5.55. The van der Waals surface area contributed by atoms with E-state index < -0.39 is 15.9 Å². The van der Waals surface area contributed by atoms with E-state index in [9.17, 15) is 13.2 Å². The highest BCUT2D eigenvalue weighted by molar-refractivity contribution is 7.90. The Kier molecular flexibility index (Phi) is 4.33. The maximum atomic E-state index is 12.8. The summed E-state index contributed by atoms with van der Waals surface area (Å²) in [5.74, 6) is -0.329. The highest BCUT2D eigenvalue weighted by atomic mass is 32.2. The molecule has 1 N–H and O–H groups in total. The van der Waals surface area contributed by atoms with Crippen molar-refractivity contribution in [3.05, 3.63) is 35.7 Å². The Balaban J connectivity index is 1.96. The van der Waals surface area contributed by atoms with Crippen LogP contribution in [0.15, 0.2) is 23.5 Å². The third kappa shape index (κ3) is 3.15. The lowest BCUT2D eigenvalue weighted by molar-refractivity contribution is -0.00501. The Hall–Kier alpha value is -2.33. The van der Waals surface area contributed by atoms with Crippen LogP contribution in [0.5, 0.6) is 0 Å². The van der Waals surface area contributed by atoms with Crippen LogP contribution < -0.4 is 0 Å². The second-order valence-corrected chi connectivity index (χ2v) is 7.54. The van der Waals surface area contributed by atoms with Gasteiger partial charge in [-0.3, -0.25) is 14.9 Å². The molecule has 0 aromatic carbocycles. The van der Waals surface area contributed by atoms with Crippen LogP contribution in [0.25, 0.3) is 0 Å². The summed E-state index contributed by atoms with van der Waals surface area (Å²) in [6, 6.07) is -0.582. The highest BCUT2D eigenvalue weighted by Gasteiger charge is 2.34. The fourth-order valence-corrected chi connectivity index (χ4v) is 3.38. The van der Waals surface area contributed by atoms with Crippen LogP contribution in [-0.4, -0.2) is 65.4 Å². The zero-order chi connectivity index (χ0) is 17.3. The van der Waals surface area contributed by atoms with Crippen molar-refractivity contribution in [2.45, 2.75) is 17.9 Å². The predicted molar refractivity (Wildman–Crippen MR) is 83.1 cm³/mol. The molecule has 1 atom stereocenters. The molecule has 3 rings (SSSR count). The molecule has 2 aromatic heterocycles. The van der Waals surface area contributed by atoms with Crippen LogP contribution in [0.1, 0.15) is 27.9 Å². The molecule has 24 heavy (non-hydrogen) atoms. The zero-order valence-electron chi connectivity index (χ0n) is 13.3. The first-order valence-corrected chi connectivity index (χ1v) is 9.17. The number of aromatic nitrogens is 4. The zero-order valence-corrected chi connectivity index (χ0v) is 14.1. The van der Waals surface area contributed by atoms with Gasteiger partial charge in [0.2, 0.25) is 0 Å². The number of morpholine rings is 1. The van der Waals surface area contributed by atoms with Gasteiger partial charge >= 0.3 is 0 Å². The van der Waals surface area contributed by atoms with Crippen LogP contribution in [-0.2, 0) is 14.6 Å². The third-order valence-corrected chi connectivity index (χ3v) is 4.88. The van der Waals surface area contributed by atoms with Crippen molar-refractivity contribution in [2.24, 2.45) is 0 Å². The summed E-state index contributed by atoms with van der Waals surface area (Å²) in [5.41, 5.74) is 1.25. The van der Waals surface area contributed by atoms with Gasteiger partial charge in [0.05, 0.1) is 43.0 Å². The van der Waals surface area contributed by atoms with E-state index in [0.717, 1.165) is 6.26 Å². The van der Waals surface area contributed by atoms with Crippen molar-refractivity contribution in [1.82, 2.24) is 25.1 Å². The van der Waals surface area contributed by atoms with Crippen LogP contribution in [0.4, 0.5) is 0 Å². The van der Waals surface area contributed by atoms with Crippen molar-refractivity contribution in [3.8, 4) is 0 Å². The van der Waals surface area contributed by atoms with Crippen molar-refractivity contribution in [3.63, 3.8) is 0 Å². The molecule has 10 heteroatoms. The fourth-order valence-electron chi connectivity index (χ4n) is 2.56. The maximum Gasteiger partial charge on any atom is 0.274 e. The Morgan fingerprint density at radius 1 is 1.33 bits per heavy atom. The summed E-state index contributed by atoms with van der Waals surface area (Å²) in [5, 5.41) is 6.50. The average molecular weight is 351 g/mol. The van der Waals surface area contributed by atoms with Gasteiger partial charge in [-0.2, -0.15) is 5.10 Å². The number of hydrogen-bond donors (Lipinski definition) is 1. The van der Waals surface area contributed by atoms with Crippen molar-refractivity contribution < 1.29 is 17.9 Å². The smallest absolute Gasteiger partial charge is 0.274 e. The molecule has 9 nitrogen and oxygen atoms in total. The quantitative estimate of drug-likeness (QED) is 0.834. The first-order valence-electron chi connectivity index (χ1n) is 7.28. The monoisotopic (exact) mass is 351 g/mol. The van der Waals surface area contributed by atoms with E-state index in [0.29, 0.717) is 24.5 Å². The summed E-state index contributed by atoms with van der Waals surface area (Å²) < 4.78 is 29.3. The van der Waals surface area contributed by atoms with Crippen LogP contribution in [0, 0.1) is 6.92 Å². The SMILES string of the molecule is Cc1cnc(C(=O)N2CCOC[C@H]2c2[nH]ncc2S(C)(=O)=O)cn1. The lowest BCUT2D eigenvalue weighted by Gasteiger charge is -2.35. The Labute approximate surface area is 139 Å². The molecule has 3 heterocycles. The summed E-state index contributed by atoms with van der Waals surface area (Å²) >= 11 is 0. The van der Waals surface area contributed by atoms with Gasteiger partial charge in [-0.25, -0.2) is 13.4 Å². The topological polar surface area (TPSA) is 118 Å². The molecule has 1 aliphatic heterocycles. The lowest BCUT2D eigenvalue weighted by atomic mass is 10.1. The van der Waals surface area contributed by atoms with Gasteiger partial charge in [0, 0.05) is 19.0 Å².